The molecule has 0 aliphatic heterocycles. The Balaban J connectivity index is 1.55. The molecule has 3 aromatic carbocycles. The molecule has 0 saturated carbocycles. The van der Waals surface area contributed by atoms with Crippen LogP contribution in [0.1, 0.15) is 0 Å². The molecule has 29 heavy (non-hydrogen) atoms. The smallest absolute Gasteiger partial charge is 0.218 e. The fourth-order valence-electron chi connectivity index (χ4n) is 2.53. The molecule has 6 heteroatoms. The third-order valence-electron chi connectivity index (χ3n) is 3.95. The van der Waals surface area contributed by atoms with Crippen molar-refractivity contribution < 1.29 is 14.3 Å². The highest BCUT2D eigenvalue weighted by molar-refractivity contribution is 5.78. The first-order chi connectivity index (χ1) is 14.3. The standard InChI is InChI=1S/C23H23N3O3/c24-14-17-28-21-12-8-20(9-13-21)26(18-27)16-15-25-19-6-10-23(11-7-19)29-22-4-2-1-3-5-22/h1-13,15-16,18,25H,14,17,24H2/b16-15-. The number of nitrogens with two attached hydrogens (primary N) is 1. The highest BCUT2D eigenvalue weighted by atomic mass is 16.5. The van der Waals surface area contributed by atoms with Crippen molar-refractivity contribution in [3.8, 4) is 17.2 Å². The Bertz CT molecular complexity index is 910. The lowest BCUT2D eigenvalue weighted by Gasteiger charge is -2.13. The summed E-state index contributed by atoms with van der Waals surface area (Å²) in [5.41, 5.74) is 7.02. The van der Waals surface area contributed by atoms with E-state index < -0.39 is 0 Å². The first kappa shape index (κ1) is 20.0. The van der Waals surface area contributed by atoms with Gasteiger partial charge < -0.3 is 20.5 Å². The Labute approximate surface area is 170 Å². The quantitative estimate of drug-likeness (QED) is 0.504. The molecule has 3 N–H and O–H groups in total. The molecule has 148 valence electrons. The van der Waals surface area contributed by atoms with E-state index in [0.29, 0.717) is 18.9 Å². The summed E-state index contributed by atoms with van der Waals surface area (Å²) in [4.78, 5) is 12.9. The minimum absolute atomic E-state index is 0.454. The van der Waals surface area contributed by atoms with E-state index in [9.17, 15) is 4.79 Å². The van der Waals surface area contributed by atoms with Crippen LogP contribution in [0.5, 0.6) is 17.2 Å². The molecule has 0 spiro atoms. The van der Waals surface area contributed by atoms with Crippen LogP contribution >= 0.6 is 0 Å². The van der Waals surface area contributed by atoms with Crippen molar-refractivity contribution in [1.29, 1.82) is 0 Å². The summed E-state index contributed by atoms with van der Waals surface area (Å²) >= 11 is 0. The number of para-hydroxylation sites is 1. The Morgan fingerprint density at radius 2 is 1.52 bits per heavy atom. The van der Waals surface area contributed by atoms with Gasteiger partial charge in [-0.15, -0.1) is 0 Å². The molecule has 0 atom stereocenters. The second kappa shape index (κ2) is 10.5. The first-order valence-corrected chi connectivity index (χ1v) is 9.21. The van der Waals surface area contributed by atoms with Crippen molar-refractivity contribution in [3.05, 3.63) is 91.3 Å². The number of nitrogens with one attached hydrogen (secondary N) is 1. The first-order valence-electron chi connectivity index (χ1n) is 9.21. The number of amides is 1. The zero-order chi connectivity index (χ0) is 20.3. The van der Waals surface area contributed by atoms with Crippen LogP contribution in [-0.4, -0.2) is 19.6 Å². The number of benzene rings is 3. The van der Waals surface area contributed by atoms with Crippen molar-refractivity contribution >= 4 is 17.8 Å². The van der Waals surface area contributed by atoms with Crippen LogP contribution in [-0.2, 0) is 4.79 Å². The van der Waals surface area contributed by atoms with Crippen LogP contribution < -0.4 is 25.4 Å². The Hall–Kier alpha value is -3.77. The normalized spacial score (nSPS) is 10.5. The summed E-state index contributed by atoms with van der Waals surface area (Å²) in [6, 6.07) is 24.4. The van der Waals surface area contributed by atoms with Gasteiger partial charge in [-0.25, -0.2) is 0 Å². The maximum Gasteiger partial charge on any atom is 0.218 e. The van der Waals surface area contributed by atoms with Crippen molar-refractivity contribution in [1.82, 2.24) is 0 Å². The number of anilines is 2. The van der Waals surface area contributed by atoms with Crippen LogP contribution in [0.4, 0.5) is 11.4 Å². The Morgan fingerprint density at radius 1 is 0.862 bits per heavy atom. The highest BCUT2D eigenvalue weighted by Crippen LogP contribution is 2.23. The maximum atomic E-state index is 11.4. The largest absolute Gasteiger partial charge is 0.492 e. The zero-order valence-electron chi connectivity index (χ0n) is 15.9. The van der Waals surface area contributed by atoms with Gasteiger partial charge in [-0.2, -0.15) is 0 Å². The predicted octanol–water partition coefficient (Wildman–Crippen LogP) is 4.36. The van der Waals surface area contributed by atoms with Crippen LogP contribution in [0.3, 0.4) is 0 Å². The molecule has 0 bridgehead atoms. The van der Waals surface area contributed by atoms with Crippen molar-refractivity contribution in [2.24, 2.45) is 5.73 Å². The lowest BCUT2D eigenvalue weighted by molar-refractivity contribution is -0.106. The van der Waals surface area contributed by atoms with Gasteiger partial charge in [0.1, 0.15) is 23.9 Å². The van der Waals surface area contributed by atoms with E-state index in [1.807, 2.05) is 54.6 Å². The third kappa shape index (κ3) is 6.12. The van der Waals surface area contributed by atoms with Crippen molar-refractivity contribution in [2.45, 2.75) is 0 Å². The van der Waals surface area contributed by atoms with Crippen LogP contribution in [0.2, 0.25) is 0 Å². The number of hydrogen-bond donors (Lipinski definition) is 2. The summed E-state index contributed by atoms with van der Waals surface area (Å²) in [5, 5.41) is 3.13. The van der Waals surface area contributed by atoms with E-state index in [-0.39, 0.29) is 0 Å². The van der Waals surface area contributed by atoms with Gasteiger partial charge in [0, 0.05) is 30.3 Å². The predicted molar refractivity (Wildman–Crippen MR) is 115 cm³/mol. The number of rotatable bonds is 10. The van der Waals surface area contributed by atoms with Gasteiger partial charge in [0.2, 0.25) is 6.41 Å². The Kier molecular flexibility index (Phi) is 7.26. The minimum atomic E-state index is 0.454. The average Bonchev–Trinajstić information content (AvgIpc) is 2.78. The molecule has 3 aromatic rings. The van der Waals surface area contributed by atoms with Gasteiger partial charge in [0.05, 0.1) is 0 Å². The number of ether oxygens (including phenoxy) is 2. The summed E-state index contributed by atoms with van der Waals surface area (Å²) in [7, 11) is 0. The summed E-state index contributed by atoms with van der Waals surface area (Å²) < 4.78 is 11.2. The molecule has 0 saturated heterocycles. The SMILES string of the molecule is NCCOc1ccc(N(C=O)/C=C\Nc2ccc(Oc3ccccc3)cc2)cc1. The van der Waals surface area contributed by atoms with Gasteiger partial charge in [-0.1, -0.05) is 18.2 Å². The summed E-state index contributed by atoms with van der Waals surface area (Å²) in [5.74, 6) is 2.25. The number of carbonyl (C=O) groups excluding carboxylic acids is 1. The summed E-state index contributed by atoms with van der Waals surface area (Å²) in [6.45, 7) is 0.908. The van der Waals surface area contributed by atoms with E-state index in [2.05, 4.69) is 5.32 Å². The molecule has 0 aromatic heterocycles. The van der Waals surface area contributed by atoms with Crippen LogP contribution in [0.25, 0.3) is 0 Å². The molecular weight excluding hydrogens is 366 g/mol. The fraction of sp³-hybridized carbons (Fsp3) is 0.0870. The molecule has 0 unspecified atom stereocenters. The van der Waals surface area contributed by atoms with Crippen LogP contribution in [0, 0.1) is 0 Å². The third-order valence-corrected chi connectivity index (χ3v) is 3.95. The van der Waals surface area contributed by atoms with E-state index in [1.54, 1.807) is 36.7 Å². The molecule has 0 heterocycles. The number of nitrogens with zero attached hydrogens (tertiary/aromatic N) is 1. The van der Waals surface area contributed by atoms with Crippen LogP contribution in [0.15, 0.2) is 91.3 Å². The molecule has 0 radical (unpaired) electrons. The van der Waals surface area contributed by atoms with Crippen molar-refractivity contribution in [2.75, 3.05) is 23.4 Å². The van der Waals surface area contributed by atoms with Gasteiger partial charge in [-0.05, 0) is 60.7 Å². The molecular formula is C23H23N3O3. The zero-order valence-corrected chi connectivity index (χ0v) is 15.9. The molecule has 1 amide bonds. The number of carbonyl (C=O) groups is 1. The van der Waals surface area contributed by atoms with Gasteiger partial charge >= 0.3 is 0 Å². The fourth-order valence-corrected chi connectivity index (χ4v) is 2.53. The summed E-state index contributed by atoms with van der Waals surface area (Å²) in [6.07, 6.45) is 4.09. The van der Waals surface area contributed by atoms with E-state index in [4.69, 9.17) is 15.2 Å². The van der Waals surface area contributed by atoms with Gasteiger partial charge in [0.15, 0.2) is 0 Å². The van der Waals surface area contributed by atoms with Crippen molar-refractivity contribution in [3.63, 3.8) is 0 Å². The molecule has 0 aliphatic rings. The second-order valence-corrected chi connectivity index (χ2v) is 6.04. The average molecular weight is 389 g/mol. The minimum Gasteiger partial charge on any atom is -0.492 e. The van der Waals surface area contributed by atoms with E-state index in [1.165, 1.54) is 4.90 Å². The molecule has 3 rings (SSSR count). The molecule has 0 aliphatic carbocycles. The maximum absolute atomic E-state index is 11.4. The lowest BCUT2D eigenvalue weighted by Crippen LogP contribution is -2.13. The van der Waals surface area contributed by atoms with Gasteiger partial charge in [0.25, 0.3) is 0 Å². The number of hydrogen-bond acceptors (Lipinski definition) is 5. The van der Waals surface area contributed by atoms with E-state index in [0.717, 1.165) is 29.3 Å². The highest BCUT2D eigenvalue weighted by Gasteiger charge is 2.02. The topological polar surface area (TPSA) is 76.8 Å². The second-order valence-electron chi connectivity index (χ2n) is 6.04. The monoisotopic (exact) mass is 389 g/mol. The lowest BCUT2D eigenvalue weighted by atomic mass is 10.3. The van der Waals surface area contributed by atoms with Gasteiger partial charge in [-0.3, -0.25) is 9.69 Å². The van der Waals surface area contributed by atoms with E-state index >= 15 is 0 Å². The Morgan fingerprint density at radius 3 is 2.17 bits per heavy atom. The molecule has 6 nitrogen and oxygen atoms in total. The molecule has 0 fully saturated rings.